The number of hydrogen-bond donors (Lipinski definition) is 3. The lowest BCUT2D eigenvalue weighted by Gasteiger charge is -2.05. The lowest BCUT2D eigenvalue weighted by atomic mass is 10.3. The van der Waals surface area contributed by atoms with Gasteiger partial charge >= 0.3 is 6.03 Å². The molecule has 2 aromatic rings. The van der Waals surface area contributed by atoms with Crippen molar-refractivity contribution >= 4 is 40.9 Å². The quantitative estimate of drug-likeness (QED) is 0.757. The fourth-order valence-electron chi connectivity index (χ4n) is 1.66. The van der Waals surface area contributed by atoms with Crippen LogP contribution >= 0.6 is 23.8 Å². The number of nitrogens with zero attached hydrogens (tertiary/aromatic N) is 1. The monoisotopic (exact) mass is 288 g/mol. The van der Waals surface area contributed by atoms with Gasteiger partial charge in [-0.1, -0.05) is 11.6 Å². The minimum atomic E-state index is -0.606. The van der Waals surface area contributed by atoms with Crippen molar-refractivity contribution in [3.8, 4) is 0 Å². The van der Waals surface area contributed by atoms with E-state index in [1.807, 2.05) is 0 Å². The van der Waals surface area contributed by atoms with Crippen molar-refractivity contribution in [2.75, 3.05) is 6.54 Å². The van der Waals surface area contributed by atoms with E-state index in [0.717, 1.165) is 0 Å². The molecule has 0 aliphatic rings. The SMILES string of the molecule is NC(=O)NCCn1c(=S)[nH]c2cc(F)c(Cl)cc21. The van der Waals surface area contributed by atoms with Gasteiger partial charge < -0.3 is 20.6 Å². The third kappa shape index (κ3) is 2.46. The lowest BCUT2D eigenvalue weighted by molar-refractivity contribution is 0.248. The number of imidazole rings is 1. The number of carbonyl (C=O) groups excluding carboxylic acids is 1. The van der Waals surface area contributed by atoms with E-state index in [2.05, 4.69) is 10.3 Å². The van der Waals surface area contributed by atoms with E-state index >= 15 is 0 Å². The third-order valence-electron chi connectivity index (χ3n) is 2.45. The lowest BCUT2D eigenvalue weighted by Crippen LogP contribution is -2.32. The maximum absolute atomic E-state index is 13.3. The van der Waals surface area contributed by atoms with Crippen molar-refractivity contribution < 1.29 is 9.18 Å². The van der Waals surface area contributed by atoms with E-state index in [9.17, 15) is 9.18 Å². The summed E-state index contributed by atoms with van der Waals surface area (Å²) in [6.07, 6.45) is 0. The molecule has 2 amide bonds. The normalized spacial score (nSPS) is 10.8. The third-order valence-corrected chi connectivity index (χ3v) is 3.06. The van der Waals surface area contributed by atoms with Crippen LogP contribution in [-0.4, -0.2) is 22.1 Å². The molecule has 1 aromatic carbocycles. The number of rotatable bonds is 3. The van der Waals surface area contributed by atoms with Gasteiger partial charge in [0.1, 0.15) is 5.82 Å². The zero-order valence-corrected chi connectivity index (χ0v) is 10.7. The Bertz CT molecular complexity index is 666. The summed E-state index contributed by atoms with van der Waals surface area (Å²) in [5.74, 6) is -0.511. The highest BCUT2D eigenvalue weighted by molar-refractivity contribution is 7.71. The van der Waals surface area contributed by atoms with Crippen LogP contribution < -0.4 is 11.1 Å². The van der Waals surface area contributed by atoms with Crippen LogP contribution in [0.15, 0.2) is 12.1 Å². The molecule has 0 spiro atoms. The molecule has 1 heterocycles. The van der Waals surface area contributed by atoms with Gasteiger partial charge in [-0.15, -0.1) is 0 Å². The second kappa shape index (κ2) is 4.95. The van der Waals surface area contributed by atoms with Crippen molar-refractivity contribution in [3.05, 3.63) is 27.7 Å². The average molecular weight is 289 g/mol. The number of aromatic nitrogens is 2. The fourth-order valence-corrected chi connectivity index (χ4v) is 2.12. The van der Waals surface area contributed by atoms with E-state index in [-0.39, 0.29) is 5.02 Å². The Labute approximate surface area is 112 Å². The number of carbonyl (C=O) groups is 1. The molecule has 0 unspecified atom stereocenters. The van der Waals surface area contributed by atoms with E-state index in [1.165, 1.54) is 12.1 Å². The molecule has 8 heteroatoms. The number of halogens is 2. The minimum Gasteiger partial charge on any atom is -0.352 e. The number of hydrogen-bond acceptors (Lipinski definition) is 2. The van der Waals surface area contributed by atoms with Gasteiger partial charge in [0.25, 0.3) is 0 Å². The van der Waals surface area contributed by atoms with Crippen LogP contribution in [0.4, 0.5) is 9.18 Å². The van der Waals surface area contributed by atoms with E-state index in [4.69, 9.17) is 29.6 Å². The van der Waals surface area contributed by atoms with Crippen LogP contribution in [0.1, 0.15) is 0 Å². The van der Waals surface area contributed by atoms with Crippen LogP contribution in [0.3, 0.4) is 0 Å². The van der Waals surface area contributed by atoms with E-state index in [0.29, 0.717) is 28.9 Å². The number of primary amides is 1. The van der Waals surface area contributed by atoms with Crippen LogP contribution in [0.2, 0.25) is 5.02 Å². The summed E-state index contributed by atoms with van der Waals surface area (Å²) in [5, 5.41) is 2.47. The molecular weight excluding hydrogens is 279 g/mol. The van der Waals surface area contributed by atoms with Gasteiger partial charge in [-0.05, 0) is 18.3 Å². The van der Waals surface area contributed by atoms with Crippen LogP contribution in [0.25, 0.3) is 11.0 Å². The maximum atomic E-state index is 13.3. The summed E-state index contributed by atoms with van der Waals surface area (Å²) in [6, 6.07) is 2.17. The predicted molar refractivity (Wildman–Crippen MR) is 69.7 cm³/mol. The largest absolute Gasteiger partial charge is 0.352 e. The molecule has 18 heavy (non-hydrogen) atoms. The summed E-state index contributed by atoms with van der Waals surface area (Å²) in [6.45, 7) is 0.745. The summed E-state index contributed by atoms with van der Waals surface area (Å²) in [4.78, 5) is 13.4. The molecule has 0 fully saturated rings. The smallest absolute Gasteiger partial charge is 0.312 e. The highest BCUT2D eigenvalue weighted by Crippen LogP contribution is 2.22. The zero-order valence-electron chi connectivity index (χ0n) is 9.17. The van der Waals surface area contributed by atoms with Gasteiger partial charge in [-0.25, -0.2) is 9.18 Å². The highest BCUT2D eigenvalue weighted by atomic mass is 35.5. The number of H-pyrrole nitrogens is 1. The molecule has 5 nitrogen and oxygen atoms in total. The molecule has 96 valence electrons. The Hall–Kier alpha value is -1.60. The van der Waals surface area contributed by atoms with E-state index < -0.39 is 11.8 Å². The number of nitrogens with one attached hydrogen (secondary N) is 2. The molecule has 0 aliphatic heterocycles. The Morgan fingerprint density at radius 2 is 2.33 bits per heavy atom. The summed E-state index contributed by atoms with van der Waals surface area (Å²) in [7, 11) is 0. The summed E-state index contributed by atoms with van der Waals surface area (Å²) in [5.41, 5.74) is 6.20. The number of benzene rings is 1. The number of fused-ring (bicyclic) bond motifs is 1. The van der Waals surface area contributed by atoms with Crippen molar-refractivity contribution in [2.45, 2.75) is 6.54 Å². The first-order valence-electron chi connectivity index (χ1n) is 5.10. The molecule has 0 saturated carbocycles. The van der Waals surface area contributed by atoms with Gasteiger partial charge in [0, 0.05) is 19.2 Å². The van der Waals surface area contributed by atoms with E-state index in [1.54, 1.807) is 4.57 Å². The zero-order chi connectivity index (χ0) is 13.3. The number of nitrogens with two attached hydrogens (primary N) is 1. The highest BCUT2D eigenvalue weighted by Gasteiger charge is 2.08. The molecule has 0 bridgehead atoms. The molecule has 4 N–H and O–H groups in total. The second-order valence-corrected chi connectivity index (χ2v) is 4.45. The molecule has 2 rings (SSSR count). The van der Waals surface area contributed by atoms with Crippen molar-refractivity contribution in [1.29, 1.82) is 0 Å². The van der Waals surface area contributed by atoms with Crippen molar-refractivity contribution in [3.63, 3.8) is 0 Å². The average Bonchev–Trinajstić information content (AvgIpc) is 2.56. The first kappa shape index (κ1) is 12.8. The van der Waals surface area contributed by atoms with Crippen LogP contribution in [0, 0.1) is 10.6 Å². The molecule has 0 saturated heterocycles. The Morgan fingerprint density at radius 1 is 1.61 bits per heavy atom. The molecular formula is C10H10ClFN4OS. The molecule has 0 atom stereocenters. The molecule has 0 aliphatic carbocycles. The predicted octanol–water partition coefficient (Wildman–Crippen LogP) is 2.16. The topological polar surface area (TPSA) is 75.8 Å². The first-order valence-corrected chi connectivity index (χ1v) is 5.88. The van der Waals surface area contributed by atoms with Gasteiger partial charge in [-0.3, -0.25) is 0 Å². The van der Waals surface area contributed by atoms with Gasteiger partial charge in [0.05, 0.1) is 16.1 Å². The Kier molecular flexibility index (Phi) is 3.53. The van der Waals surface area contributed by atoms with Crippen molar-refractivity contribution in [1.82, 2.24) is 14.9 Å². The van der Waals surface area contributed by atoms with Gasteiger partial charge in [-0.2, -0.15) is 0 Å². The molecule has 0 radical (unpaired) electrons. The Balaban J connectivity index is 2.37. The van der Waals surface area contributed by atoms with Gasteiger partial charge in [0.15, 0.2) is 4.77 Å². The summed E-state index contributed by atoms with van der Waals surface area (Å²) >= 11 is 10.8. The number of aromatic amines is 1. The Morgan fingerprint density at radius 3 is 3.00 bits per heavy atom. The van der Waals surface area contributed by atoms with Crippen LogP contribution in [0.5, 0.6) is 0 Å². The first-order chi connectivity index (χ1) is 8.49. The van der Waals surface area contributed by atoms with Gasteiger partial charge in [0.2, 0.25) is 0 Å². The standard InChI is InChI=1S/C10H10ClFN4OS/c11-5-3-8-7(4-6(5)12)15-10(18)16(8)2-1-14-9(13)17/h3-4H,1-2H2,(H,15,18)(H3,13,14,17). The minimum absolute atomic E-state index is 0.0214. The summed E-state index contributed by atoms with van der Waals surface area (Å²) < 4.78 is 15.4. The number of urea groups is 1. The van der Waals surface area contributed by atoms with Crippen molar-refractivity contribution in [2.24, 2.45) is 5.73 Å². The second-order valence-electron chi connectivity index (χ2n) is 3.66. The maximum Gasteiger partial charge on any atom is 0.312 e. The fraction of sp³-hybridized carbons (Fsp3) is 0.200. The molecule has 1 aromatic heterocycles. The number of amides is 2. The van der Waals surface area contributed by atoms with Crippen LogP contribution in [-0.2, 0) is 6.54 Å².